The number of halogens is 3. The normalized spacial score (nSPS) is 18.9. The lowest BCUT2D eigenvalue weighted by Crippen LogP contribution is -2.43. The van der Waals surface area contributed by atoms with Gasteiger partial charge in [-0.3, -0.25) is 0 Å². The summed E-state index contributed by atoms with van der Waals surface area (Å²) >= 11 is 1.57. The number of pyridine rings is 1. The number of nitrogens with one attached hydrogen (secondary N) is 1. The first kappa shape index (κ1) is 18.7. The van der Waals surface area contributed by atoms with Crippen molar-refractivity contribution < 1.29 is 23.1 Å². The van der Waals surface area contributed by atoms with Crippen LogP contribution in [0.3, 0.4) is 0 Å². The first-order valence-electron chi connectivity index (χ1n) is 8.55. The monoisotopic (exact) mass is 407 g/mol. The summed E-state index contributed by atoms with van der Waals surface area (Å²) < 4.78 is 43.4. The van der Waals surface area contributed by atoms with Crippen LogP contribution >= 0.6 is 11.8 Å². The van der Waals surface area contributed by atoms with Crippen LogP contribution in [0.15, 0.2) is 35.4 Å². The van der Waals surface area contributed by atoms with Crippen LogP contribution in [0.4, 0.5) is 18.0 Å². The zero-order chi connectivity index (χ0) is 20.0. The molecule has 9 heteroatoms. The highest BCUT2D eigenvalue weighted by molar-refractivity contribution is 7.98. The summed E-state index contributed by atoms with van der Waals surface area (Å²) in [5.41, 5.74) is 2.15. The molecular weight excluding hydrogens is 391 g/mol. The Kier molecular flexibility index (Phi) is 4.70. The van der Waals surface area contributed by atoms with Crippen LogP contribution in [0.5, 0.6) is 0 Å². The molecule has 146 valence electrons. The van der Waals surface area contributed by atoms with E-state index in [0.29, 0.717) is 17.4 Å². The largest absolute Gasteiger partial charge is 0.465 e. The van der Waals surface area contributed by atoms with Crippen molar-refractivity contribution in [1.29, 1.82) is 0 Å². The summed E-state index contributed by atoms with van der Waals surface area (Å²) in [5.74, 6) is -4.06. The number of imidazole rings is 1. The van der Waals surface area contributed by atoms with Crippen LogP contribution in [0.2, 0.25) is 0 Å². The minimum atomic E-state index is -1.28. The van der Waals surface area contributed by atoms with Gasteiger partial charge in [-0.1, -0.05) is 0 Å². The summed E-state index contributed by atoms with van der Waals surface area (Å²) in [7, 11) is 0. The molecule has 2 N–H and O–H groups in total. The number of hydrogen-bond donors (Lipinski definition) is 2. The molecule has 1 aliphatic rings. The van der Waals surface area contributed by atoms with Crippen LogP contribution in [-0.4, -0.2) is 32.9 Å². The number of amides is 1. The molecule has 1 aromatic carbocycles. The number of nitrogens with zero attached hydrogens (tertiary/aromatic N) is 2. The molecule has 2 atom stereocenters. The van der Waals surface area contributed by atoms with E-state index in [1.807, 2.05) is 29.0 Å². The maximum absolute atomic E-state index is 14.4. The number of carboxylic acid groups (broad SMARTS) is 1. The van der Waals surface area contributed by atoms with Gasteiger partial charge in [-0.05, 0) is 30.0 Å². The Balaban J connectivity index is 1.82. The van der Waals surface area contributed by atoms with Gasteiger partial charge >= 0.3 is 6.09 Å². The minimum absolute atomic E-state index is 0.0647. The highest BCUT2D eigenvalue weighted by Crippen LogP contribution is 2.35. The van der Waals surface area contributed by atoms with E-state index in [1.165, 1.54) is 0 Å². The smallest absolute Gasteiger partial charge is 0.404 e. The fraction of sp³-hybridized carbons (Fsp3) is 0.263. The zero-order valence-corrected chi connectivity index (χ0v) is 15.6. The van der Waals surface area contributed by atoms with Crippen molar-refractivity contribution in [2.24, 2.45) is 0 Å². The number of carbonyl (C=O) groups is 1. The molecule has 2 aromatic heterocycles. The molecule has 1 aliphatic carbocycles. The van der Waals surface area contributed by atoms with Crippen LogP contribution in [0.1, 0.15) is 22.9 Å². The number of aromatic nitrogens is 2. The molecule has 2 heterocycles. The topological polar surface area (TPSA) is 66.6 Å². The van der Waals surface area contributed by atoms with Gasteiger partial charge in [0.1, 0.15) is 11.5 Å². The summed E-state index contributed by atoms with van der Waals surface area (Å²) in [5, 5.41) is 11.6. The Bertz CT molecular complexity index is 1090. The summed E-state index contributed by atoms with van der Waals surface area (Å²) in [6, 6.07) is 4.38. The van der Waals surface area contributed by atoms with Crippen molar-refractivity contribution in [3.05, 3.63) is 64.9 Å². The van der Waals surface area contributed by atoms with E-state index in [-0.39, 0.29) is 18.4 Å². The Morgan fingerprint density at radius 1 is 1.21 bits per heavy atom. The molecule has 0 bridgehead atoms. The fourth-order valence-electron chi connectivity index (χ4n) is 3.78. The van der Waals surface area contributed by atoms with Gasteiger partial charge in [0.2, 0.25) is 0 Å². The summed E-state index contributed by atoms with van der Waals surface area (Å²) in [6.45, 7) is 0. The third kappa shape index (κ3) is 3.19. The van der Waals surface area contributed by atoms with Crippen LogP contribution < -0.4 is 5.32 Å². The molecule has 0 aliphatic heterocycles. The standard InChI is InChI=1S/C19H16F3N3O2S/c1-28-9-2-3-18-23-16-5-11(10-4-13(21)14(22)6-12(10)20)15(24-19(26)27)7-17(16)25(18)8-9/h2-4,6,8,11,15,24H,5,7H2,1H3,(H,26,27). The van der Waals surface area contributed by atoms with Crippen molar-refractivity contribution in [3.63, 3.8) is 0 Å². The number of thioether (sulfide) groups is 1. The maximum Gasteiger partial charge on any atom is 0.404 e. The second kappa shape index (κ2) is 7.05. The lowest BCUT2D eigenvalue weighted by Gasteiger charge is -2.31. The van der Waals surface area contributed by atoms with Crippen molar-refractivity contribution in [3.8, 4) is 0 Å². The van der Waals surface area contributed by atoms with E-state index < -0.39 is 35.5 Å². The van der Waals surface area contributed by atoms with E-state index in [4.69, 9.17) is 0 Å². The average molecular weight is 407 g/mol. The lowest BCUT2D eigenvalue weighted by molar-refractivity contribution is 0.186. The molecule has 4 rings (SSSR count). The third-order valence-corrected chi connectivity index (χ3v) is 5.78. The Hall–Kier alpha value is -2.68. The molecule has 5 nitrogen and oxygen atoms in total. The van der Waals surface area contributed by atoms with Gasteiger partial charge < -0.3 is 14.8 Å². The number of hydrogen-bond acceptors (Lipinski definition) is 3. The molecule has 0 saturated heterocycles. The predicted molar refractivity (Wildman–Crippen MR) is 98.4 cm³/mol. The maximum atomic E-state index is 14.4. The van der Waals surface area contributed by atoms with Crippen LogP contribution in [-0.2, 0) is 12.8 Å². The number of benzene rings is 1. The lowest BCUT2D eigenvalue weighted by atomic mass is 9.80. The summed E-state index contributed by atoms with van der Waals surface area (Å²) in [6.07, 6.45) is 3.06. The number of rotatable bonds is 3. The van der Waals surface area contributed by atoms with Gasteiger partial charge in [0.15, 0.2) is 11.6 Å². The van der Waals surface area contributed by atoms with E-state index in [2.05, 4.69) is 10.3 Å². The SMILES string of the molecule is CSc1ccc2nc3c(n2c1)CC(NC(=O)O)C(c1cc(F)c(F)cc1F)C3. The third-order valence-electron chi connectivity index (χ3n) is 5.07. The minimum Gasteiger partial charge on any atom is -0.465 e. The molecule has 2 unspecified atom stereocenters. The van der Waals surface area contributed by atoms with Crippen molar-refractivity contribution in [1.82, 2.24) is 14.7 Å². The van der Waals surface area contributed by atoms with E-state index in [0.717, 1.165) is 16.7 Å². The van der Waals surface area contributed by atoms with Gasteiger partial charge in [0.25, 0.3) is 0 Å². The van der Waals surface area contributed by atoms with Gasteiger partial charge in [-0.15, -0.1) is 11.8 Å². The first-order valence-corrected chi connectivity index (χ1v) is 9.77. The molecule has 0 saturated carbocycles. The van der Waals surface area contributed by atoms with Crippen molar-refractivity contribution >= 4 is 23.5 Å². The fourth-order valence-corrected chi connectivity index (χ4v) is 4.20. The van der Waals surface area contributed by atoms with Gasteiger partial charge in [-0.25, -0.2) is 22.9 Å². The highest BCUT2D eigenvalue weighted by Gasteiger charge is 2.35. The van der Waals surface area contributed by atoms with Crippen LogP contribution in [0, 0.1) is 17.5 Å². The predicted octanol–water partition coefficient (Wildman–Crippen LogP) is 3.99. The molecule has 3 aromatic rings. The highest BCUT2D eigenvalue weighted by atomic mass is 32.2. The van der Waals surface area contributed by atoms with Crippen molar-refractivity contribution in [2.45, 2.75) is 29.7 Å². The van der Waals surface area contributed by atoms with E-state index in [1.54, 1.807) is 11.8 Å². The molecule has 1 amide bonds. The first-order chi connectivity index (χ1) is 13.4. The van der Waals surface area contributed by atoms with E-state index in [9.17, 15) is 23.1 Å². The van der Waals surface area contributed by atoms with Gasteiger partial charge in [0.05, 0.1) is 5.69 Å². The molecule has 0 radical (unpaired) electrons. The second-order valence-corrected chi connectivity index (χ2v) is 7.54. The Labute approximate surface area is 162 Å². The van der Waals surface area contributed by atoms with Crippen LogP contribution in [0.25, 0.3) is 5.65 Å². The second-order valence-electron chi connectivity index (χ2n) is 6.66. The molecule has 28 heavy (non-hydrogen) atoms. The Morgan fingerprint density at radius 3 is 2.68 bits per heavy atom. The quantitative estimate of drug-likeness (QED) is 0.509. The van der Waals surface area contributed by atoms with E-state index >= 15 is 0 Å². The molecular formula is C19H16F3N3O2S. The molecule has 0 spiro atoms. The van der Waals surface area contributed by atoms with Gasteiger partial charge in [0, 0.05) is 47.7 Å². The average Bonchev–Trinajstić information content (AvgIpc) is 3.00. The van der Waals surface area contributed by atoms with Crippen molar-refractivity contribution in [2.75, 3.05) is 6.26 Å². The Morgan fingerprint density at radius 2 is 1.96 bits per heavy atom. The number of fused-ring (bicyclic) bond motifs is 3. The zero-order valence-electron chi connectivity index (χ0n) is 14.7. The van der Waals surface area contributed by atoms with Gasteiger partial charge in [-0.2, -0.15) is 0 Å². The summed E-state index contributed by atoms with van der Waals surface area (Å²) in [4.78, 5) is 16.9. The molecule has 0 fully saturated rings.